The van der Waals surface area contributed by atoms with Gasteiger partial charge in [-0.1, -0.05) is 13.8 Å². The lowest BCUT2D eigenvalue weighted by molar-refractivity contribution is -0.150. The summed E-state index contributed by atoms with van der Waals surface area (Å²) < 4.78 is 6.20. The fraction of sp³-hybridized carbons (Fsp3) is 0.923. The van der Waals surface area contributed by atoms with E-state index in [4.69, 9.17) is 4.74 Å². The largest absolute Gasteiger partial charge is 0.357 e. The van der Waals surface area contributed by atoms with Crippen LogP contribution in [0.2, 0.25) is 0 Å². The highest BCUT2D eigenvalue weighted by Gasteiger charge is 2.76. The minimum Gasteiger partial charge on any atom is -0.357 e. The van der Waals surface area contributed by atoms with Crippen LogP contribution in [0.25, 0.3) is 0 Å². The lowest BCUT2D eigenvalue weighted by Gasteiger charge is -2.59. The molecule has 4 saturated carbocycles. The van der Waals surface area contributed by atoms with Crippen LogP contribution in [0.5, 0.6) is 0 Å². The van der Waals surface area contributed by atoms with Gasteiger partial charge in [-0.2, -0.15) is 0 Å². The summed E-state index contributed by atoms with van der Waals surface area (Å²) in [5.74, 6) is 2.92. The number of carbonyl (C=O) groups is 2. The highest BCUT2D eigenvalue weighted by Crippen LogP contribution is 2.72. The minimum absolute atomic E-state index is 0.103. The third-order valence-corrected chi connectivity index (χ3v) is 10.6. The summed E-state index contributed by atoms with van der Waals surface area (Å²) in [6.07, 6.45) is 8.45. The van der Waals surface area contributed by atoms with E-state index < -0.39 is 0 Å². The van der Waals surface area contributed by atoms with Crippen molar-refractivity contribution in [2.75, 3.05) is 0 Å². The van der Waals surface area contributed by atoms with E-state index >= 15 is 0 Å². The fourth-order valence-corrected chi connectivity index (χ4v) is 9.19. The van der Waals surface area contributed by atoms with Gasteiger partial charge in [0.2, 0.25) is 5.91 Å². The monoisotopic (exact) mass is 415 g/mol. The highest BCUT2D eigenvalue weighted by molar-refractivity contribution is 5.88. The number of hydrogen-bond donors (Lipinski definition) is 0. The van der Waals surface area contributed by atoms with Crippen LogP contribution in [0.1, 0.15) is 92.9 Å². The Morgan fingerprint density at radius 2 is 1.67 bits per heavy atom. The lowest BCUT2D eigenvalue weighted by Crippen LogP contribution is -2.58. The molecule has 5 rings (SSSR count). The molecule has 1 heterocycles. The van der Waals surface area contributed by atoms with E-state index in [-0.39, 0.29) is 40.5 Å². The van der Waals surface area contributed by atoms with Crippen LogP contribution in [0, 0.1) is 34.5 Å². The van der Waals surface area contributed by atoms with E-state index in [0.717, 1.165) is 25.7 Å². The Kier molecular flexibility index (Phi) is 4.58. The highest BCUT2D eigenvalue weighted by atomic mass is 16.6. The summed E-state index contributed by atoms with van der Waals surface area (Å²) in [6, 6.07) is 0.516. The molecule has 0 radical (unpaired) electrons. The molecular weight excluding hydrogens is 374 g/mol. The number of fused-ring (bicyclic) bond motifs is 4. The maximum absolute atomic E-state index is 13.7. The Morgan fingerprint density at radius 3 is 2.33 bits per heavy atom. The predicted molar refractivity (Wildman–Crippen MR) is 117 cm³/mol. The van der Waals surface area contributed by atoms with E-state index in [1.54, 1.807) is 0 Å². The quantitative estimate of drug-likeness (QED) is 0.610. The topological polar surface area (TPSA) is 49.9 Å². The molecule has 0 N–H and O–H groups in total. The van der Waals surface area contributed by atoms with E-state index in [0.29, 0.717) is 35.9 Å². The summed E-state index contributed by atoms with van der Waals surface area (Å²) in [5, 5.41) is 0. The van der Waals surface area contributed by atoms with E-state index in [1.807, 2.05) is 0 Å². The third kappa shape index (κ3) is 2.49. The summed E-state index contributed by atoms with van der Waals surface area (Å²) in [5.41, 5.74) is 0.145. The molecular formula is C26H41NO3. The Labute approximate surface area is 182 Å². The van der Waals surface area contributed by atoms with Gasteiger partial charge in [-0.05, 0) is 95.8 Å². The molecule has 5 aliphatic rings. The van der Waals surface area contributed by atoms with Crippen molar-refractivity contribution in [3.05, 3.63) is 0 Å². The molecule has 30 heavy (non-hydrogen) atoms. The first-order valence-corrected chi connectivity index (χ1v) is 12.6. The Morgan fingerprint density at radius 1 is 0.967 bits per heavy atom. The maximum atomic E-state index is 13.7. The molecule has 0 aromatic carbocycles. The van der Waals surface area contributed by atoms with Gasteiger partial charge in [0.1, 0.15) is 11.7 Å². The van der Waals surface area contributed by atoms with Gasteiger partial charge in [-0.15, -0.1) is 0 Å². The zero-order valence-corrected chi connectivity index (χ0v) is 19.9. The number of rotatable bonds is 3. The van der Waals surface area contributed by atoms with E-state index in [1.165, 1.54) is 19.3 Å². The predicted octanol–water partition coefficient (Wildman–Crippen LogP) is 4.99. The number of amides is 1. The van der Waals surface area contributed by atoms with E-state index in [9.17, 15) is 9.59 Å². The zero-order valence-electron chi connectivity index (χ0n) is 19.9. The second-order valence-corrected chi connectivity index (χ2v) is 12.3. The number of hydrogen-bond acceptors (Lipinski definition) is 3. The molecule has 4 aliphatic carbocycles. The second-order valence-electron chi connectivity index (χ2n) is 12.3. The Balaban J connectivity index is 1.41. The number of nitrogens with zero attached hydrogens (tertiary/aromatic N) is 1. The minimum atomic E-state index is -0.142. The Hall–Kier alpha value is -0.900. The van der Waals surface area contributed by atoms with Crippen molar-refractivity contribution in [2.45, 2.75) is 117 Å². The molecule has 2 unspecified atom stereocenters. The van der Waals surface area contributed by atoms with Crippen LogP contribution in [0.4, 0.5) is 0 Å². The van der Waals surface area contributed by atoms with Crippen molar-refractivity contribution < 1.29 is 14.3 Å². The van der Waals surface area contributed by atoms with Crippen molar-refractivity contribution in [3.63, 3.8) is 0 Å². The summed E-state index contributed by atoms with van der Waals surface area (Å²) in [7, 11) is 0. The van der Waals surface area contributed by atoms with Crippen molar-refractivity contribution in [3.8, 4) is 0 Å². The molecule has 4 nitrogen and oxygen atoms in total. The summed E-state index contributed by atoms with van der Waals surface area (Å²) in [4.78, 5) is 28.2. The Bertz CT molecular complexity index is 753. The number of ketones is 1. The van der Waals surface area contributed by atoms with Gasteiger partial charge in [0.05, 0.1) is 0 Å². The number of carbonyl (C=O) groups excluding carboxylic acids is 2. The van der Waals surface area contributed by atoms with Crippen molar-refractivity contribution in [2.24, 2.45) is 34.5 Å². The first kappa shape index (κ1) is 21.0. The fourth-order valence-electron chi connectivity index (χ4n) is 9.19. The zero-order chi connectivity index (χ0) is 21.6. The van der Waals surface area contributed by atoms with Crippen molar-refractivity contribution in [1.29, 1.82) is 0 Å². The van der Waals surface area contributed by atoms with Gasteiger partial charge in [0.25, 0.3) is 0 Å². The van der Waals surface area contributed by atoms with Crippen molar-refractivity contribution in [1.82, 2.24) is 4.90 Å². The molecule has 8 atom stereocenters. The van der Waals surface area contributed by atoms with Crippen LogP contribution >= 0.6 is 0 Å². The third-order valence-electron chi connectivity index (χ3n) is 10.6. The molecule has 4 heteroatoms. The molecule has 0 aromatic heterocycles. The van der Waals surface area contributed by atoms with Crippen LogP contribution in [-0.4, -0.2) is 40.4 Å². The standard InChI is InChI=1S/C26H41NO3/c1-15(2)27(16(3)4)23(29)20-8-7-18-17-9-14-26-22(30-26)21(28)11-13-25(26,6)19(17)10-12-24(18,20)5/h15-20,22H,7-14H2,1-6H3/t17-,18-,19-,20+,22?,24-,25+,26?/m0/s1. The first-order chi connectivity index (χ1) is 14.1. The molecule has 5 fully saturated rings. The van der Waals surface area contributed by atoms with Gasteiger partial charge in [0.15, 0.2) is 5.78 Å². The van der Waals surface area contributed by atoms with Crippen molar-refractivity contribution >= 4 is 11.7 Å². The lowest BCUT2D eigenvalue weighted by atomic mass is 9.44. The maximum Gasteiger partial charge on any atom is 0.226 e. The van der Waals surface area contributed by atoms with Gasteiger partial charge in [-0.3, -0.25) is 9.59 Å². The molecule has 1 spiro atoms. The van der Waals surface area contributed by atoms with Gasteiger partial charge in [-0.25, -0.2) is 0 Å². The van der Waals surface area contributed by atoms with Crippen LogP contribution in [-0.2, 0) is 14.3 Å². The molecule has 1 amide bonds. The van der Waals surface area contributed by atoms with Gasteiger partial charge in [0, 0.05) is 29.8 Å². The normalized spacial score (nSPS) is 49.3. The average molecular weight is 416 g/mol. The second kappa shape index (κ2) is 6.56. The molecule has 1 saturated heterocycles. The molecule has 0 bridgehead atoms. The molecule has 168 valence electrons. The van der Waals surface area contributed by atoms with Crippen LogP contribution in [0.15, 0.2) is 0 Å². The van der Waals surface area contributed by atoms with Gasteiger partial charge >= 0.3 is 0 Å². The number of Topliss-reactive ketones (excluding diaryl/α,β-unsaturated/α-hetero) is 1. The van der Waals surface area contributed by atoms with E-state index in [2.05, 4.69) is 46.4 Å². The number of ether oxygens (including phenoxy) is 1. The molecule has 1 aliphatic heterocycles. The number of epoxide rings is 1. The summed E-state index contributed by atoms with van der Waals surface area (Å²) >= 11 is 0. The van der Waals surface area contributed by atoms with Crippen LogP contribution < -0.4 is 0 Å². The summed E-state index contributed by atoms with van der Waals surface area (Å²) in [6.45, 7) is 13.5. The smallest absolute Gasteiger partial charge is 0.226 e. The van der Waals surface area contributed by atoms with Crippen LogP contribution in [0.3, 0.4) is 0 Å². The van der Waals surface area contributed by atoms with Gasteiger partial charge < -0.3 is 9.64 Å². The SMILES string of the molecule is CC(C)N(C(=O)[C@H]1CC[C@H]2[C@@H]3CCC45OC4C(=O)CC[C@]5(C)[C@H]3CC[C@]12C)C(C)C. The first-order valence-electron chi connectivity index (χ1n) is 12.6. The average Bonchev–Trinajstić information content (AvgIpc) is 3.31. The molecule has 0 aromatic rings.